The average molecular weight is 244 g/mol. The van der Waals surface area contributed by atoms with Crippen molar-refractivity contribution in [1.82, 2.24) is 10.2 Å². The summed E-state index contributed by atoms with van der Waals surface area (Å²) in [4.78, 5) is 13.8. The molecule has 0 aliphatic carbocycles. The van der Waals surface area contributed by atoms with Crippen LogP contribution in [0.25, 0.3) is 0 Å². The van der Waals surface area contributed by atoms with E-state index in [-0.39, 0.29) is 6.03 Å². The number of likely N-dealkylation sites (tertiary alicyclic amines) is 1. The summed E-state index contributed by atoms with van der Waals surface area (Å²) >= 11 is 1.82. The fourth-order valence-corrected chi connectivity index (χ4v) is 2.40. The second-order valence-corrected chi connectivity index (χ2v) is 5.75. The number of nitrogens with zero attached hydrogens (tertiary/aromatic N) is 1. The van der Waals surface area contributed by atoms with Crippen LogP contribution in [-0.4, -0.2) is 42.6 Å². The molecule has 2 amide bonds. The Kier molecular flexibility index (Phi) is 6.03. The van der Waals surface area contributed by atoms with Gasteiger partial charge in [-0.15, -0.1) is 0 Å². The number of carbonyl (C=O) groups is 1. The Bertz CT molecular complexity index is 223. The topological polar surface area (TPSA) is 32.3 Å². The van der Waals surface area contributed by atoms with Crippen molar-refractivity contribution in [2.45, 2.75) is 26.7 Å². The minimum Gasteiger partial charge on any atom is -0.338 e. The molecule has 1 N–H and O–H groups in total. The van der Waals surface area contributed by atoms with Crippen LogP contribution in [0, 0.1) is 11.8 Å². The minimum absolute atomic E-state index is 0.125. The van der Waals surface area contributed by atoms with Crippen LogP contribution in [0.1, 0.15) is 26.7 Å². The van der Waals surface area contributed by atoms with Crippen molar-refractivity contribution in [3.63, 3.8) is 0 Å². The van der Waals surface area contributed by atoms with Gasteiger partial charge in [0, 0.05) is 19.6 Å². The summed E-state index contributed by atoms with van der Waals surface area (Å²) in [5.74, 6) is 2.50. The number of nitrogens with one attached hydrogen (secondary N) is 1. The molecule has 1 aliphatic heterocycles. The van der Waals surface area contributed by atoms with Gasteiger partial charge in [0.2, 0.25) is 0 Å². The van der Waals surface area contributed by atoms with Crippen molar-refractivity contribution in [3.05, 3.63) is 0 Å². The summed E-state index contributed by atoms with van der Waals surface area (Å²) in [6.07, 6.45) is 4.29. The van der Waals surface area contributed by atoms with Crippen molar-refractivity contribution in [2.24, 2.45) is 11.8 Å². The van der Waals surface area contributed by atoms with Crippen molar-refractivity contribution >= 4 is 17.8 Å². The number of carbonyl (C=O) groups excluding carboxylic acids is 1. The Morgan fingerprint density at radius 1 is 1.44 bits per heavy atom. The molecule has 1 heterocycles. The molecule has 1 aliphatic rings. The molecule has 0 spiro atoms. The largest absolute Gasteiger partial charge is 0.338 e. The molecule has 0 aromatic carbocycles. The van der Waals surface area contributed by atoms with Crippen LogP contribution in [-0.2, 0) is 0 Å². The first-order valence-corrected chi connectivity index (χ1v) is 7.56. The molecule has 16 heavy (non-hydrogen) atoms. The third-order valence-corrected chi connectivity index (χ3v) is 4.12. The van der Waals surface area contributed by atoms with Crippen LogP contribution in [0.15, 0.2) is 0 Å². The Balaban J connectivity index is 2.21. The van der Waals surface area contributed by atoms with Crippen LogP contribution in [0.3, 0.4) is 0 Å². The maximum absolute atomic E-state index is 11.8. The smallest absolute Gasteiger partial charge is 0.317 e. The number of hydrogen-bond donors (Lipinski definition) is 1. The van der Waals surface area contributed by atoms with E-state index in [1.807, 2.05) is 16.7 Å². The summed E-state index contributed by atoms with van der Waals surface area (Å²) in [6, 6.07) is 0.125. The van der Waals surface area contributed by atoms with E-state index in [2.05, 4.69) is 25.4 Å². The molecule has 2 atom stereocenters. The molecule has 1 saturated heterocycles. The van der Waals surface area contributed by atoms with E-state index in [1.54, 1.807) is 0 Å². The summed E-state index contributed by atoms with van der Waals surface area (Å²) in [6.45, 7) is 7.14. The molecule has 3 nitrogen and oxygen atoms in total. The molecule has 0 bridgehead atoms. The Labute approximate surface area is 103 Å². The number of amides is 2. The number of urea groups is 1. The van der Waals surface area contributed by atoms with Gasteiger partial charge in [-0.2, -0.15) is 11.8 Å². The summed E-state index contributed by atoms with van der Waals surface area (Å²) in [7, 11) is 0. The zero-order valence-corrected chi connectivity index (χ0v) is 11.5. The Morgan fingerprint density at radius 3 is 2.81 bits per heavy atom. The first-order chi connectivity index (χ1) is 7.65. The summed E-state index contributed by atoms with van der Waals surface area (Å²) in [5.41, 5.74) is 0. The first-order valence-electron chi connectivity index (χ1n) is 6.17. The van der Waals surface area contributed by atoms with Crippen molar-refractivity contribution in [1.29, 1.82) is 0 Å². The molecule has 0 aromatic rings. The van der Waals surface area contributed by atoms with Gasteiger partial charge in [0.15, 0.2) is 0 Å². The van der Waals surface area contributed by atoms with Gasteiger partial charge >= 0.3 is 6.03 Å². The van der Waals surface area contributed by atoms with E-state index >= 15 is 0 Å². The third-order valence-electron chi connectivity index (χ3n) is 3.42. The molecule has 0 radical (unpaired) electrons. The van der Waals surface area contributed by atoms with Crippen LogP contribution in [0.5, 0.6) is 0 Å². The van der Waals surface area contributed by atoms with Gasteiger partial charge in [-0.05, 0) is 36.7 Å². The second kappa shape index (κ2) is 7.05. The fourth-order valence-electron chi connectivity index (χ4n) is 1.97. The molecular weight excluding hydrogens is 220 g/mol. The van der Waals surface area contributed by atoms with Gasteiger partial charge in [0.1, 0.15) is 0 Å². The van der Waals surface area contributed by atoms with Gasteiger partial charge in [-0.1, -0.05) is 13.8 Å². The number of rotatable bonds is 4. The Hall–Kier alpha value is -0.380. The van der Waals surface area contributed by atoms with Crippen LogP contribution in [0.2, 0.25) is 0 Å². The standard InChI is InChI=1S/C12H24N2OS/c1-10-5-7-14(9-11(10)2)12(15)13-6-4-8-16-3/h10-11H,4-9H2,1-3H3,(H,13,15)/t10-,11+/m1/s1. The normalized spacial score (nSPS) is 25.6. The van der Waals surface area contributed by atoms with E-state index in [9.17, 15) is 4.79 Å². The fraction of sp³-hybridized carbons (Fsp3) is 0.917. The van der Waals surface area contributed by atoms with Crippen LogP contribution >= 0.6 is 11.8 Å². The van der Waals surface area contributed by atoms with Gasteiger partial charge in [-0.3, -0.25) is 0 Å². The number of hydrogen-bond acceptors (Lipinski definition) is 2. The van der Waals surface area contributed by atoms with E-state index in [4.69, 9.17) is 0 Å². The van der Waals surface area contributed by atoms with Crippen molar-refractivity contribution in [2.75, 3.05) is 31.6 Å². The van der Waals surface area contributed by atoms with Crippen molar-refractivity contribution in [3.8, 4) is 0 Å². The van der Waals surface area contributed by atoms with Gasteiger partial charge in [-0.25, -0.2) is 4.79 Å². The summed E-state index contributed by atoms with van der Waals surface area (Å²) < 4.78 is 0. The monoisotopic (exact) mass is 244 g/mol. The van der Waals surface area contributed by atoms with E-state index in [1.165, 1.54) is 0 Å². The lowest BCUT2D eigenvalue weighted by molar-refractivity contribution is 0.144. The highest BCUT2D eigenvalue weighted by atomic mass is 32.2. The van der Waals surface area contributed by atoms with E-state index in [0.717, 1.165) is 44.1 Å². The van der Waals surface area contributed by atoms with Crippen LogP contribution in [0.4, 0.5) is 4.79 Å². The zero-order valence-electron chi connectivity index (χ0n) is 10.7. The Morgan fingerprint density at radius 2 is 2.19 bits per heavy atom. The quantitative estimate of drug-likeness (QED) is 0.770. The predicted molar refractivity (Wildman–Crippen MR) is 70.9 cm³/mol. The number of thioether (sulfide) groups is 1. The molecule has 1 rings (SSSR count). The highest BCUT2D eigenvalue weighted by Gasteiger charge is 2.25. The van der Waals surface area contributed by atoms with Gasteiger partial charge in [0.05, 0.1) is 0 Å². The second-order valence-electron chi connectivity index (χ2n) is 4.77. The highest BCUT2D eigenvalue weighted by molar-refractivity contribution is 7.98. The lowest BCUT2D eigenvalue weighted by Crippen LogP contribution is -2.47. The highest BCUT2D eigenvalue weighted by Crippen LogP contribution is 2.22. The molecule has 0 aromatic heterocycles. The maximum Gasteiger partial charge on any atom is 0.317 e. The minimum atomic E-state index is 0.125. The maximum atomic E-state index is 11.8. The molecule has 1 fully saturated rings. The third kappa shape index (κ3) is 4.24. The van der Waals surface area contributed by atoms with E-state index in [0.29, 0.717) is 5.92 Å². The lowest BCUT2D eigenvalue weighted by atomic mass is 9.89. The molecular formula is C12H24N2OS. The van der Waals surface area contributed by atoms with Gasteiger partial charge in [0.25, 0.3) is 0 Å². The predicted octanol–water partition coefficient (Wildman–Crippen LogP) is 2.43. The molecule has 94 valence electrons. The molecule has 4 heteroatoms. The van der Waals surface area contributed by atoms with Crippen LogP contribution < -0.4 is 5.32 Å². The SMILES string of the molecule is CSCCCNC(=O)N1CC[C@@H](C)[C@@H](C)C1. The first kappa shape index (κ1) is 13.7. The van der Waals surface area contributed by atoms with Crippen molar-refractivity contribution < 1.29 is 4.79 Å². The van der Waals surface area contributed by atoms with Gasteiger partial charge < -0.3 is 10.2 Å². The summed E-state index contributed by atoms with van der Waals surface area (Å²) in [5, 5.41) is 3.00. The zero-order chi connectivity index (χ0) is 12.0. The lowest BCUT2D eigenvalue weighted by Gasteiger charge is -2.35. The number of piperidine rings is 1. The molecule has 0 unspecified atom stereocenters. The van der Waals surface area contributed by atoms with E-state index < -0.39 is 0 Å². The average Bonchev–Trinajstić information content (AvgIpc) is 2.28. The molecule has 0 saturated carbocycles.